The van der Waals surface area contributed by atoms with Crippen LogP contribution >= 0.6 is 11.6 Å². The zero-order chi connectivity index (χ0) is 14.8. The molecule has 0 aliphatic carbocycles. The Kier molecular flexibility index (Phi) is 3.89. The number of hydrogen-bond acceptors (Lipinski definition) is 3. The van der Waals surface area contributed by atoms with Crippen molar-refractivity contribution < 1.29 is 18.0 Å². The molecule has 1 heterocycles. The van der Waals surface area contributed by atoms with Gasteiger partial charge in [-0.1, -0.05) is 17.7 Å². The SMILES string of the molecule is O=C(Nc1cccc(C(F)(F)F)c1)c1ccc(Cl)nn1. The van der Waals surface area contributed by atoms with Crippen molar-refractivity contribution in [2.24, 2.45) is 0 Å². The Morgan fingerprint density at radius 1 is 1.15 bits per heavy atom. The van der Waals surface area contributed by atoms with Gasteiger partial charge in [0.15, 0.2) is 10.8 Å². The van der Waals surface area contributed by atoms with Crippen LogP contribution in [0.4, 0.5) is 18.9 Å². The Hall–Kier alpha value is -2.15. The predicted octanol–water partition coefficient (Wildman–Crippen LogP) is 3.40. The van der Waals surface area contributed by atoms with Crippen molar-refractivity contribution in [3.8, 4) is 0 Å². The van der Waals surface area contributed by atoms with Gasteiger partial charge in [0, 0.05) is 5.69 Å². The van der Waals surface area contributed by atoms with Gasteiger partial charge in [-0.3, -0.25) is 4.79 Å². The summed E-state index contributed by atoms with van der Waals surface area (Å²) in [5.74, 6) is -0.673. The molecule has 0 radical (unpaired) electrons. The molecule has 104 valence electrons. The molecule has 2 rings (SSSR count). The summed E-state index contributed by atoms with van der Waals surface area (Å²) in [4.78, 5) is 11.7. The van der Waals surface area contributed by atoms with E-state index < -0.39 is 17.6 Å². The van der Waals surface area contributed by atoms with E-state index in [2.05, 4.69) is 15.5 Å². The number of benzene rings is 1. The number of anilines is 1. The molecule has 1 amide bonds. The second kappa shape index (κ2) is 5.46. The van der Waals surface area contributed by atoms with E-state index in [1.807, 2.05) is 0 Å². The van der Waals surface area contributed by atoms with Crippen molar-refractivity contribution in [2.75, 3.05) is 5.32 Å². The molecular formula is C12H7ClF3N3O. The maximum Gasteiger partial charge on any atom is 0.416 e. The number of nitrogens with zero attached hydrogens (tertiary/aromatic N) is 2. The smallest absolute Gasteiger partial charge is 0.321 e. The van der Waals surface area contributed by atoms with Crippen molar-refractivity contribution in [2.45, 2.75) is 6.18 Å². The molecule has 0 atom stereocenters. The van der Waals surface area contributed by atoms with Gasteiger partial charge in [0.05, 0.1) is 5.56 Å². The summed E-state index contributed by atoms with van der Waals surface area (Å²) >= 11 is 5.52. The highest BCUT2D eigenvalue weighted by Gasteiger charge is 2.30. The predicted molar refractivity (Wildman–Crippen MR) is 66.4 cm³/mol. The summed E-state index contributed by atoms with van der Waals surface area (Å²) in [5, 5.41) is 9.42. The van der Waals surface area contributed by atoms with Gasteiger partial charge in [0.1, 0.15) is 0 Å². The van der Waals surface area contributed by atoms with Crippen LogP contribution in [-0.2, 0) is 6.18 Å². The normalized spacial score (nSPS) is 11.2. The lowest BCUT2D eigenvalue weighted by molar-refractivity contribution is -0.137. The Balaban J connectivity index is 2.18. The lowest BCUT2D eigenvalue weighted by atomic mass is 10.2. The van der Waals surface area contributed by atoms with Gasteiger partial charge in [-0.15, -0.1) is 10.2 Å². The molecule has 20 heavy (non-hydrogen) atoms. The molecule has 1 N–H and O–H groups in total. The second-order valence-electron chi connectivity index (χ2n) is 3.77. The first-order chi connectivity index (χ1) is 9.36. The molecule has 0 bridgehead atoms. The fraction of sp³-hybridized carbons (Fsp3) is 0.0833. The van der Waals surface area contributed by atoms with E-state index in [1.54, 1.807) is 0 Å². The number of carbonyl (C=O) groups is 1. The van der Waals surface area contributed by atoms with Gasteiger partial charge in [0.2, 0.25) is 0 Å². The molecule has 0 spiro atoms. The number of alkyl halides is 3. The first-order valence-corrected chi connectivity index (χ1v) is 5.72. The molecule has 8 heteroatoms. The van der Waals surface area contributed by atoms with Gasteiger partial charge < -0.3 is 5.32 Å². The van der Waals surface area contributed by atoms with E-state index >= 15 is 0 Å². The van der Waals surface area contributed by atoms with E-state index in [9.17, 15) is 18.0 Å². The number of hydrogen-bond donors (Lipinski definition) is 1. The van der Waals surface area contributed by atoms with E-state index in [0.29, 0.717) is 0 Å². The molecular weight excluding hydrogens is 295 g/mol. The van der Waals surface area contributed by atoms with E-state index in [1.165, 1.54) is 24.3 Å². The van der Waals surface area contributed by atoms with Crippen LogP contribution in [0.5, 0.6) is 0 Å². The standard InChI is InChI=1S/C12H7ClF3N3O/c13-10-5-4-9(18-19-10)11(20)17-8-3-1-2-7(6-8)12(14,15)16/h1-6H,(H,17,20). The van der Waals surface area contributed by atoms with Crippen LogP contribution in [0.25, 0.3) is 0 Å². The topological polar surface area (TPSA) is 54.9 Å². The van der Waals surface area contributed by atoms with Crippen LogP contribution in [-0.4, -0.2) is 16.1 Å². The molecule has 0 saturated carbocycles. The fourth-order valence-corrected chi connectivity index (χ4v) is 1.51. The molecule has 0 aliphatic rings. The highest BCUT2D eigenvalue weighted by atomic mass is 35.5. The molecule has 2 aromatic rings. The maximum atomic E-state index is 12.5. The largest absolute Gasteiger partial charge is 0.416 e. The number of amides is 1. The molecule has 0 unspecified atom stereocenters. The molecule has 0 saturated heterocycles. The maximum absolute atomic E-state index is 12.5. The third-order valence-corrected chi connectivity index (χ3v) is 2.51. The van der Waals surface area contributed by atoms with Crippen molar-refractivity contribution in [1.29, 1.82) is 0 Å². The highest BCUT2D eigenvalue weighted by molar-refractivity contribution is 6.29. The van der Waals surface area contributed by atoms with Crippen molar-refractivity contribution in [3.05, 3.63) is 52.8 Å². The average molecular weight is 302 g/mol. The first kappa shape index (κ1) is 14.3. The Bertz CT molecular complexity index is 629. The quantitative estimate of drug-likeness (QED) is 0.925. The van der Waals surface area contributed by atoms with Crippen LogP contribution in [0.15, 0.2) is 36.4 Å². The monoisotopic (exact) mass is 301 g/mol. The minimum absolute atomic E-state index is 0.0153. The fourth-order valence-electron chi connectivity index (χ4n) is 1.41. The Labute approximate surface area is 116 Å². The van der Waals surface area contributed by atoms with E-state index in [4.69, 9.17) is 11.6 Å². The third-order valence-electron chi connectivity index (χ3n) is 2.31. The van der Waals surface area contributed by atoms with Crippen molar-refractivity contribution in [3.63, 3.8) is 0 Å². The van der Waals surface area contributed by atoms with E-state index in [-0.39, 0.29) is 16.5 Å². The van der Waals surface area contributed by atoms with Crippen LogP contribution in [0.3, 0.4) is 0 Å². The zero-order valence-corrected chi connectivity index (χ0v) is 10.5. The lowest BCUT2D eigenvalue weighted by Gasteiger charge is -2.09. The summed E-state index contributed by atoms with van der Waals surface area (Å²) < 4.78 is 37.6. The van der Waals surface area contributed by atoms with Crippen LogP contribution in [0, 0.1) is 0 Å². The van der Waals surface area contributed by atoms with Gasteiger partial charge in [-0.05, 0) is 30.3 Å². The Morgan fingerprint density at radius 2 is 1.90 bits per heavy atom. The summed E-state index contributed by atoms with van der Waals surface area (Å²) in [5.41, 5.74) is -0.883. The van der Waals surface area contributed by atoms with Crippen LogP contribution < -0.4 is 5.32 Å². The number of rotatable bonds is 2. The number of aromatic nitrogens is 2. The Morgan fingerprint density at radius 3 is 2.50 bits per heavy atom. The molecule has 4 nitrogen and oxygen atoms in total. The summed E-state index contributed by atoms with van der Waals surface area (Å²) in [6, 6.07) is 6.97. The first-order valence-electron chi connectivity index (χ1n) is 5.34. The third kappa shape index (κ3) is 3.45. The number of nitrogens with one attached hydrogen (secondary N) is 1. The number of halogens is 4. The van der Waals surface area contributed by atoms with Gasteiger partial charge in [-0.2, -0.15) is 13.2 Å². The van der Waals surface area contributed by atoms with Gasteiger partial charge in [-0.25, -0.2) is 0 Å². The van der Waals surface area contributed by atoms with Crippen molar-refractivity contribution in [1.82, 2.24) is 10.2 Å². The lowest BCUT2D eigenvalue weighted by Crippen LogP contribution is -2.15. The number of carbonyl (C=O) groups excluding carboxylic acids is 1. The zero-order valence-electron chi connectivity index (χ0n) is 9.78. The summed E-state index contributed by atoms with van der Waals surface area (Å²) in [6.45, 7) is 0. The summed E-state index contributed by atoms with van der Waals surface area (Å²) in [6.07, 6.45) is -4.47. The average Bonchev–Trinajstić information content (AvgIpc) is 2.38. The van der Waals surface area contributed by atoms with Crippen LogP contribution in [0.2, 0.25) is 5.15 Å². The van der Waals surface area contributed by atoms with Gasteiger partial charge >= 0.3 is 6.18 Å². The minimum atomic E-state index is -4.47. The second-order valence-corrected chi connectivity index (χ2v) is 4.16. The minimum Gasteiger partial charge on any atom is -0.321 e. The van der Waals surface area contributed by atoms with Gasteiger partial charge in [0.25, 0.3) is 5.91 Å². The molecule has 1 aromatic heterocycles. The molecule has 0 aliphatic heterocycles. The molecule has 1 aromatic carbocycles. The summed E-state index contributed by atoms with van der Waals surface area (Å²) in [7, 11) is 0. The highest BCUT2D eigenvalue weighted by Crippen LogP contribution is 2.30. The van der Waals surface area contributed by atoms with Crippen LogP contribution in [0.1, 0.15) is 16.1 Å². The van der Waals surface area contributed by atoms with Crippen molar-refractivity contribution >= 4 is 23.2 Å². The van der Waals surface area contributed by atoms with E-state index in [0.717, 1.165) is 12.1 Å². The molecule has 0 fully saturated rings.